The summed E-state index contributed by atoms with van der Waals surface area (Å²) in [6.07, 6.45) is -6.01. The van der Waals surface area contributed by atoms with Gasteiger partial charge in [0.1, 0.15) is 46.0 Å². The van der Waals surface area contributed by atoms with Crippen LogP contribution in [0.1, 0.15) is 42.9 Å². The third kappa shape index (κ3) is 7.50. The number of hydrogen-bond acceptors (Lipinski definition) is 1. The molecule has 0 fully saturated rings. The Morgan fingerprint density at radius 2 is 0.979 bits per heavy atom. The van der Waals surface area contributed by atoms with E-state index in [1.807, 2.05) is 24.3 Å². The first kappa shape index (κ1) is 34.5. The predicted octanol–water partition coefficient (Wildman–Crippen LogP) is 12.3. The molecule has 11 heteroatoms. The maximum Gasteiger partial charge on any atom is 0.432 e. The Morgan fingerprint density at radius 1 is 0.500 bits per heavy atom. The van der Waals surface area contributed by atoms with Gasteiger partial charge in [-0.2, -0.15) is 22.0 Å². The molecule has 5 aromatic rings. The van der Waals surface area contributed by atoms with Gasteiger partial charge in [-0.25, -0.2) is 22.0 Å². The molecule has 0 saturated carbocycles. The molecule has 0 spiro atoms. The van der Waals surface area contributed by atoms with Crippen molar-refractivity contribution >= 4 is 0 Å². The van der Waals surface area contributed by atoms with Crippen molar-refractivity contribution < 1.29 is 48.6 Å². The Morgan fingerprint density at radius 3 is 1.52 bits per heavy atom. The summed E-state index contributed by atoms with van der Waals surface area (Å²) in [5, 5.41) is 0. The highest BCUT2D eigenvalue weighted by Crippen LogP contribution is 2.40. The fraction of sp³-hybridized carbons (Fsp3) is 0.189. The van der Waals surface area contributed by atoms with Crippen molar-refractivity contribution in [3.8, 4) is 39.1 Å². The number of alkyl halides is 5. The lowest BCUT2D eigenvalue weighted by Crippen LogP contribution is -2.25. The number of rotatable bonds is 10. The molecule has 0 aliphatic carbocycles. The van der Waals surface area contributed by atoms with Crippen molar-refractivity contribution in [1.82, 2.24) is 0 Å². The summed E-state index contributed by atoms with van der Waals surface area (Å²) in [5.41, 5.74) is -0.879. The van der Waals surface area contributed by atoms with E-state index in [1.54, 1.807) is 12.1 Å². The highest BCUT2D eigenvalue weighted by Gasteiger charge is 2.43. The fourth-order valence-corrected chi connectivity index (χ4v) is 5.31. The van der Waals surface area contributed by atoms with Crippen LogP contribution >= 0.6 is 0 Å². The van der Waals surface area contributed by atoms with E-state index in [1.165, 1.54) is 35.9 Å². The van der Waals surface area contributed by atoms with E-state index in [2.05, 4.69) is 11.7 Å². The second-order valence-electron chi connectivity index (χ2n) is 11.1. The largest absolute Gasteiger partial charge is 0.432 e. The van der Waals surface area contributed by atoms with Gasteiger partial charge in [-0.05, 0) is 64.4 Å². The molecule has 0 radical (unpaired) electrons. The number of halogens is 10. The summed E-state index contributed by atoms with van der Waals surface area (Å²) >= 11 is 0. The summed E-state index contributed by atoms with van der Waals surface area (Å²) in [6, 6.07) is 19.2. The van der Waals surface area contributed by atoms with Crippen LogP contribution in [0.3, 0.4) is 0 Å². The van der Waals surface area contributed by atoms with Crippen LogP contribution in [0.4, 0.5) is 43.9 Å². The molecular formula is C37H26F10O. The van der Waals surface area contributed by atoms with Crippen LogP contribution < -0.4 is 4.74 Å². The van der Waals surface area contributed by atoms with Crippen LogP contribution in [0.2, 0.25) is 0 Å². The molecule has 0 heterocycles. The lowest BCUT2D eigenvalue weighted by Gasteiger charge is -2.21. The highest BCUT2D eigenvalue weighted by atomic mass is 19.4. The molecule has 5 aromatic carbocycles. The average Bonchev–Trinajstić information content (AvgIpc) is 3.00. The molecule has 0 N–H and O–H groups in total. The normalized spacial score (nSPS) is 12.0. The minimum absolute atomic E-state index is 0.172. The average molecular weight is 677 g/mol. The van der Waals surface area contributed by atoms with E-state index in [9.17, 15) is 39.5 Å². The first-order chi connectivity index (χ1) is 22.7. The molecule has 0 amide bonds. The van der Waals surface area contributed by atoms with Gasteiger partial charge in [0.25, 0.3) is 0 Å². The lowest BCUT2D eigenvalue weighted by molar-refractivity contribution is -0.189. The SMILES string of the molecule is CCCCCc1ccc(-c2ccc(-c3ccc(-c4cc(F)c(C(F)(F)Oc5cc(F)c(C(F)(F)F)c(F)c5)c(F)c4)cc3)c(F)c2)cc1. The van der Waals surface area contributed by atoms with Gasteiger partial charge in [-0.1, -0.05) is 80.4 Å². The quantitative estimate of drug-likeness (QED) is 0.106. The Bertz CT molecular complexity index is 1870. The van der Waals surface area contributed by atoms with E-state index in [-0.39, 0.29) is 28.8 Å². The van der Waals surface area contributed by atoms with Crippen LogP contribution in [0.15, 0.2) is 91.0 Å². The number of hydrogen-bond donors (Lipinski definition) is 0. The van der Waals surface area contributed by atoms with Crippen molar-refractivity contribution in [1.29, 1.82) is 0 Å². The zero-order chi connectivity index (χ0) is 34.8. The van der Waals surface area contributed by atoms with Gasteiger partial charge in [0, 0.05) is 17.7 Å². The molecule has 0 bridgehead atoms. The van der Waals surface area contributed by atoms with Crippen molar-refractivity contribution in [2.24, 2.45) is 0 Å². The second kappa shape index (κ2) is 13.7. The molecule has 0 aliphatic heterocycles. The zero-order valence-corrected chi connectivity index (χ0v) is 25.2. The van der Waals surface area contributed by atoms with Crippen LogP contribution in [0.25, 0.3) is 33.4 Å². The van der Waals surface area contributed by atoms with E-state index in [0.717, 1.165) is 31.2 Å². The zero-order valence-electron chi connectivity index (χ0n) is 25.2. The standard InChI is InChI=1S/C37H26F10O/c1-2-3-4-5-21-6-8-22(9-7-21)25-14-15-28(29(38)16-25)24-12-10-23(11-13-24)26-17-30(39)35(31(40)18-26)37(46,47)48-27-19-32(41)34(33(42)20-27)36(43,44)45/h6-20H,2-5H2,1H3. The van der Waals surface area contributed by atoms with Crippen molar-refractivity contribution in [2.75, 3.05) is 0 Å². The van der Waals surface area contributed by atoms with Crippen LogP contribution in [-0.2, 0) is 18.7 Å². The Kier molecular flexibility index (Phi) is 9.89. The van der Waals surface area contributed by atoms with Gasteiger partial charge in [0.05, 0.1) is 0 Å². The van der Waals surface area contributed by atoms with Gasteiger partial charge in [-0.3, -0.25) is 0 Å². The molecule has 0 aromatic heterocycles. The highest BCUT2D eigenvalue weighted by molar-refractivity contribution is 5.74. The third-order valence-corrected chi connectivity index (χ3v) is 7.73. The van der Waals surface area contributed by atoms with Gasteiger partial charge in [-0.15, -0.1) is 0 Å². The van der Waals surface area contributed by atoms with Gasteiger partial charge in [0.15, 0.2) is 0 Å². The fourth-order valence-electron chi connectivity index (χ4n) is 5.31. The Labute approximate surface area is 269 Å². The van der Waals surface area contributed by atoms with E-state index in [4.69, 9.17) is 0 Å². The molecular weight excluding hydrogens is 650 g/mol. The number of benzene rings is 5. The van der Waals surface area contributed by atoms with E-state index >= 15 is 4.39 Å². The Hall–Kier alpha value is -4.80. The number of aryl methyl sites for hydroxylation is 1. The van der Waals surface area contributed by atoms with Gasteiger partial charge in [0.2, 0.25) is 0 Å². The molecule has 1 nitrogen and oxygen atoms in total. The smallest absolute Gasteiger partial charge is 0.429 e. The summed E-state index contributed by atoms with van der Waals surface area (Å²) < 4.78 is 145. The van der Waals surface area contributed by atoms with Crippen LogP contribution in [-0.4, -0.2) is 0 Å². The summed E-state index contributed by atoms with van der Waals surface area (Å²) in [6.45, 7) is 2.14. The predicted molar refractivity (Wildman–Crippen MR) is 162 cm³/mol. The van der Waals surface area contributed by atoms with Crippen molar-refractivity contribution in [3.63, 3.8) is 0 Å². The Balaban J connectivity index is 1.34. The number of unbranched alkanes of at least 4 members (excludes halogenated alkanes) is 2. The molecule has 0 saturated heterocycles. The van der Waals surface area contributed by atoms with E-state index < -0.39 is 58.2 Å². The maximum absolute atomic E-state index is 15.2. The van der Waals surface area contributed by atoms with Crippen molar-refractivity contribution in [3.05, 3.63) is 137 Å². The van der Waals surface area contributed by atoms with E-state index in [0.29, 0.717) is 23.3 Å². The monoisotopic (exact) mass is 676 g/mol. The first-order valence-corrected chi connectivity index (χ1v) is 14.8. The van der Waals surface area contributed by atoms with Crippen molar-refractivity contribution in [2.45, 2.75) is 44.9 Å². The first-order valence-electron chi connectivity index (χ1n) is 14.8. The third-order valence-electron chi connectivity index (χ3n) is 7.73. The molecule has 0 atom stereocenters. The topological polar surface area (TPSA) is 9.23 Å². The van der Waals surface area contributed by atoms with Crippen LogP contribution in [0.5, 0.6) is 5.75 Å². The minimum Gasteiger partial charge on any atom is -0.429 e. The molecule has 0 unspecified atom stereocenters. The second-order valence-corrected chi connectivity index (χ2v) is 11.1. The molecule has 48 heavy (non-hydrogen) atoms. The van der Waals surface area contributed by atoms with Gasteiger partial charge >= 0.3 is 12.3 Å². The number of ether oxygens (including phenoxy) is 1. The minimum atomic E-state index is -5.47. The molecule has 250 valence electrons. The maximum atomic E-state index is 15.2. The lowest BCUT2D eigenvalue weighted by atomic mass is 9.96. The summed E-state index contributed by atoms with van der Waals surface area (Å²) in [5.74, 6) is -10.1. The van der Waals surface area contributed by atoms with Gasteiger partial charge < -0.3 is 4.74 Å². The van der Waals surface area contributed by atoms with Crippen LogP contribution in [0, 0.1) is 29.1 Å². The summed E-state index contributed by atoms with van der Waals surface area (Å²) in [7, 11) is 0. The molecule has 5 rings (SSSR count). The summed E-state index contributed by atoms with van der Waals surface area (Å²) in [4.78, 5) is 0. The molecule has 0 aliphatic rings.